The molecule has 0 aromatic heterocycles. The summed E-state index contributed by atoms with van der Waals surface area (Å²) >= 11 is 0. The minimum absolute atomic E-state index is 0.144. The highest BCUT2D eigenvalue weighted by atomic mass is 16.5. The molecule has 1 aromatic carbocycles. The first-order valence-electron chi connectivity index (χ1n) is 7.24. The van der Waals surface area contributed by atoms with E-state index in [-0.39, 0.29) is 11.8 Å². The molecule has 0 aliphatic heterocycles. The lowest BCUT2D eigenvalue weighted by atomic mass is 10.00. The van der Waals surface area contributed by atoms with Gasteiger partial charge in [0.05, 0.1) is 7.11 Å². The van der Waals surface area contributed by atoms with Crippen LogP contribution >= 0.6 is 0 Å². The number of amides is 1. The molecular weight excluding hydrogens is 268 g/mol. The fourth-order valence-corrected chi connectivity index (χ4v) is 2.20. The van der Waals surface area contributed by atoms with E-state index in [1.54, 1.807) is 0 Å². The smallest absolute Gasteiger partial charge is 0.328 e. The molecule has 2 atom stereocenters. The van der Waals surface area contributed by atoms with E-state index in [9.17, 15) is 9.59 Å². The number of carbonyl (C=O) groups excluding carboxylic acids is 2. The molecule has 0 saturated carbocycles. The van der Waals surface area contributed by atoms with E-state index in [0.717, 1.165) is 5.56 Å². The average molecular weight is 292 g/mol. The number of esters is 1. The predicted octanol–water partition coefficient (Wildman–Crippen LogP) is 1.26. The Balaban J connectivity index is 2.74. The summed E-state index contributed by atoms with van der Waals surface area (Å²) in [6.45, 7) is 2.39. The van der Waals surface area contributed by atoms with Crippen LogP contribution in [0.1, 0.15) is 25.3 Å². The lowest BCUT2D eigenvalue weighted by Gasteiger charge is -2.20. The van der Waals surface area contributed by atoms with Gasteiger partial charge in [-0.1, -0.05) is 37.3 Å². The molecule has 0 aliphatic rings. The second kappa shape index (κ2) is 9.13. The minimum atomic E-state index is -0.670. The van der Waals surface area contributed by atoms with E-state index in [1.807, 2.05) is 37.3 Å². The maximum absolute atomic E-state index is 12.2. The van der Waals surface area contributed by atoms with Crippen molar-refractivity contribution in [1.82, 2.24) is 5.32 Å². The van der Waals surface area contributed by atoms with Gasteiger partial charge >= 0.3 is 5.97 Å². The highest BCUT2D eigenvalue weighted by Crippen LogP contribution is 2.10. The fraction of sp³-hybridized carbons (Fsp3) is 0.500. The molecular formula is C16H24N2O3. The molecule has 0 radical (unpaired) electrons. The quantitative estimate of drug-likeness (QED) is 0.707. The molecule has 0 saturated heterocycles. The van der Waals surface area contributed by atoms with Gasteiger partial charge in [-0.25, -0.2) is 4.79 Å². The van der Waals surface area contributed by atoms with E-state index in [4.69, 9.17) is 10.5 Å². The molecule has 1 rings (SSSR count). The molecule has 116 valence electrons. The monoisotopic (exact) mass is 292 g/mol. The zero-order valence-corrected chi connectivity index (χ0v) is 12.7. The number of benzene rings is 1. The Morgan fingerprint density at radius 1 is 1.29 bits per heavy atom. The van der Waals surface area contributed by atoms with Crippen LogP contribution in [0.4, 0.5) is 0 Å². The molecule has 1 amide bonds. The van der Waals surface area contributed by atoms with Crippen molar-refractivity contribution in [1.29, 1.82) is 0 Å². The summed E-state index contributed by atoms with van der Waals surface area (Å²) in [6, 6.07) is 8.86. The summed E-state index contributed by atoms with van der Waals surface area (Å²) in [5.41, 5.74) is 6.48. The molecule has 3 N–H and O–H groups in total. The van der Waals surface area contributed by atoms with Crippen LogP contribution in [0.25, 0.3) is 0 Å². The largest absolute Gasteiger partial charge is 0.467 e. The second-order valence-corrected chi connectivity index (χ2v) is 4.96. The van der Waals surface area contributed by atoms with Gasteiger partial charge in [0.25, 0.3) is 0 Å². The van der Waals surface area contributed by atoms with Gasteiger partial charge in [0, 0.05) is 12.3 Å². The minimum Gasteiger partial charge on any atom is -0.467 e. The highest BCUT2D eigenvalue weighted by molar-refractivity contribution is 5.85. The molecule has 0 heterocycles. The molecule has 0 spiro atoms. The Morgan fingerprint density at radius 2 is 1.95 bits per heavy atom. The Hall–Kier alpha value is -1.88. The third-order valence-electron chi connectivity index (χ3n) is 3.46. The van der Waals surface area contributed by atoms with Crippen molar-refractivity contribution in [2.75, 3.05) is 13.7 Å². The Kier molecular flexibility index (Phi) is 7.46. The van der Waals surface area contributed by atoms with Crippen LogP contribution in [-0.4, -0.2) is 31.6 Å². The Morgan fingerprint density at radius 3 is 2.48 bits per heavy atom. The third-order valence-corrected chi connectivity index (χ3v) is 3.46. The van der Waals surface area contributed by atoms with Crippen LogP contribution in [0, 0.1) is 5.92 Å². The van der Waals surface area contributed by atoms with Crippen molar-refractivity contribution in [3.63, 3.8) is 0 Å². The molecule has 5 heteroatoms. The second-order valence-electron chi connectivity index (χ2n) is 4.96. The lowest BCUT2D eigenvalue weighted by molar-refractivity contribution is -0.145. The first-order chi connectivity index (χ1) is 10.1. The van der Waals surface area contributed by atoms with Gasteiger partial charge in [0.15, 0.2) is 0 Å². The number of ether oxygens (including phenoxy) is 1. The molecule has 0 bridgehead atoms. The van der Waals surface area contributed by atoms with E-state index in [2.05, 4.69) is 5.32 Å². The van der Waals surface area contributed by atoms with Gasteiger partial charge in [0.1, 0.15) is 6.04 Å². The van der Waals surface area contributed by atoms with E-state index >= 15 is 0 Å². The van der Waals surface area contributed by atoms with Crippen molar-refractivity contribution < 1.29 is 14.3 Å². The fourth-order valence-electron chi connectivity index (χ4n) is 2.20. The first-order valence-corrected chi connectivity index (χ1v) is 7.24. The predicted molar refractivity (Wildman–Crippen MR) is 81.5 cm³/mol. The van der Waals surface area contributed by atoms with Crippen LogP contribution in [0.3, 0.4) is 0 Å². The summed E-state index contributed by atoms with van der Waals surface area (Å²) < 4.78 is 4.78. The summed E-state index contributed by atoms with van der Waals surface area (Å²) in [7, 11) is 1.32. The number of nitrogens with two attached hydrogens (primary N) is 1. The number of hydrogen-bond donors (Lipinski definition) is 2. The van der Waals surface area contributed by atoms with Gasteiger partial charge < -0.3 is 15.8 Å². The van der Waals surface area contributed by atoms with Crippen LogP contribution in [0.15, 0.2) is 30.3 Å². The molecule has 1 aromatic rings. The molecule has 21 heavy (non-hydrogen) atoms. The van der Waals surface area contributed by atoms with E-state index < -0.39 is 12.0 Å². The van der Waals surface area contributed by atoms with Crippen molar-refractivity contribution in [3.8, 4) is 0 Å². The summed E-state index contributed by atoms with van der Waals surface area (Å²) in [5.74, 6) is -0.748. The van der Waals surface area contributed by atoms with Crippen LogP contribution in [-0.2, 0) is 20.7 Å². The molecule has 2 unspecified atom stereocenters. The molecule has 0 fully saturated rings. The van der Waals surface area contributed by atoms with Gasteiger partial charge in [-0.2, -0.15) is 0 Å². The average Bonchev–Trinajstić information content (AvgIpc) is 2.52. The van der Waals surface area contributed by atoms with E-state index in [1.165, 1.54) is 7.11 Å². The van der Waals surface area contributed by atoms with Gasteiger partial charge in [-0.05, 0) is 24.9 Å². The SMILES string of the molecule is CCC(CCN)C(=O)NC(Cc1ccccc1)C(=O)OC. The third kappa shape index (κ3) is 5.55. The van der Waals surface area contributed by atoms with E-state index in [0.29, 0.717) is 25.8 Å². The van der Waals surface area contributed by atoms with Crippen molar-refractivity contribution in [3.05, 3.63) is 35.9 Å². The maximum atomic E-state index is 12.2. The van der Waals surface area contributed by atoms with Crippen LogP contribution < -0.4 is 11.1 Å². The van der Waals surface area contributed by atoms with Gasteiger partial charge in [-0.15, -0.1) is 0 Å². The van der Waals surface area contributed by atoms with Crippen molar-refractivity contribution >= 4 is 11.9 Å². The Bertz CT molecular complexity index is 448. The zero-order chi connectivity index (χ0) is 15.7. The number of nitrogens with one attached hydrogen (secondary N) is 1. The van der Waals surface area contributed by atoms with Gasteiger partial charge in [0.2, 0.25) is 5.91 Å². The standard InChI is InChI=1S/C16H24N2O3/c1-3-13(9-10-17)15(19)18-14(16(20)21-2)11-12-7-5-4-6-8-12/h4-8,13-14H,3,9-11,17H2,1-2H3,(H,18,19). The van der Waals surface area contributed by atoms with Crippen molar-refractivity contribution in [2.24, 2.45) is 11.7 Å². The number of methoxy groups -OCH3 is 1. The molecule has 5 nitrogen and oxygen atoms in total. The number of rotatable bonds is 8. The Labute approximate surface area is 125 Å². The summed E-state index contributed by atoms with van der Waals surface area (Å²) in [5, 5.41) is 2.78. The first kappa shape index (κ1) is 17.2. The summed E-state index contributed by atoms with van der Waals surface area (Å²) in [4.78, 5) is 24.1. The van der Waals surface area contributed by atoms with Gasteiger partial charge in [-0.3, -0.25) is 4.79 Å². The number of hydrogen-bond acceptors (Lipinski definition) is 4. The topological polar surface area (TPSA) is 81.4 Å². The highest BCUT2D eigenvalue weighted by Gasteiger charge is 2.25. The normalized spacial score (nSPS) is 13.3. The lowest BCUT2D eigenvalue weighted by Crippen LogP contribution is -2.45. The number of carbonyl (C=O) groups is 2. The van der Waals surface area contributed by atoms with Crippen LogP contribution in [0.2, 0.25) is 0 Å². The van der Waals surface area contributed by atoms with Crippen molar-refractivity contribution in [2.45, 2.75) is 32.2 Å². The summed E-state index contributed by atoms with van der Waals surface area (Å²) in [6.07, 6.45) is 1.72. The molecule has 0 aliphatic carbocycles. The van der Waals surface area contributed by atoms with Crippen LogP contribution in [0.5, 0.6) is 0 Å². The maximum Gasteiger partial charge on any atom is 0.328 e. The zero-order valence-electron chi connectivity index (χ0n) is 12.7.